The van der Waals surface area contributed by atoms with Crippen LogP contribution in [-0.2, 0) is 6.54 Å². The molecular formula is C25H27NO3. The van der Waals surface area contributed by atoms with Gasteiger partial charge >= 0.3 is 0 Å². The van der Waals surface area contributed by atoms with Gasteiger partial charge in [0.05, 0.1) is 7.11 Å². The Hall–Kier alpha value is -2.75. The molecule has 1 N–H and O–H groups in total. The van der Waals surface area contributed by atoms with Gasteiger partial charge in [0.25, 0.3) is 5.91 Å². The predicted molar refractivity (Wildman–Crippen MR) is 113 cm³/mol. The molecule has 5 rings (SSSR count). The minimum atomic E-state index is -0.00429. The Morgan fingerprint density at radius 3 is 2.55 bits per heavy atom. The molecule has 2 aliphatic carbocycles. The lowest BCUT2D eigenvalue weighted by Gasteiger charge is -2.20. The van der Waals surface area contributed by atoms with Crippen molar-refractivity contribution in [3.8, 4) is 11.5 Å². The third kappa shape index (κ3) is 3.64. The number of benzene rings is 2. The van der Waals surface area contributed by atoms with Gasteiger partial charge in [-0.05, 0) is 90.5 Å². The standard InChI is InChI=1S/C25H27NO3/c1-28-21-7-4-18(5-8-21)23-12-17-3-2-16(10-17)11-20(23)15-29-22-9-6-19-14-26-25(27)24(19)13-22/h4-9,13,16-17H,2-3,10-12,14-15H2,1H3,(H,26,27)/t16-,17+/m1/s1. The second-order valence-corrected chi connectivity index (χ2v) is 8.55. The quantitative estimate of drug-likeness (QED) is 0.784. The Bertz CT molecular complexity index is 961. The van der Waals surface area contributed by atoms with Crippen LogP contribution in [0.2, 0.25) is 0 Å². The van der Waals surface area contributed by atoms with Gasteiger partial charge in [0.2, 0.25) is 0 Å². The summed E-state index contributed by atoms with van der Waals surface area (Å²) >= 11 is 0. The SMILES string of the molecule is COc1ccc(C2=C(COc3ccc4c(c3)C(=O)NC4)C[C@@H]3CC[C@H](C2)C3)cc1. The van der Waals surface area contributed by atoms with Gasteiger partial charge in [-0.3, -0.25) is 4.79 Å². The number of nitrogens with one attached hydrogen (secondary N) is 1. The topological polar surface area (TPSA) is 47.6 Å². The molecule has 0 saturated heterocycles. The molecule has 0 radical (unpaired) electrons. The molecule has 2 atom stereocenters. The van der Waals surface area contributed by atoms with Crippen molar-refractivity contribution in [2.45, 2.75) is 38.6 Å². The maximum Gasteiger partial charge on any atom is 0.252 e. The highest BCUT2D eigenvalue weighted by molar-refractivity contribution is 5.98. The smallest absolute Gasteiger partial charge is 0.252 e. The number of rotatable bonds is 5. The Kier molecular flexibility index (Phi) is 4.78. The molecule has 2 aromatic rings. The summed E-state index contributed by atoms with van der Waals surface area (Å²) in [5, 5.41) is 2.87. The number of carbonyl (C=O) groups excluding carboxylic acids is 1. The van der Waals surface area contributed by atoms with Gasteiger partial charge < -0.3 is 14.8 Å². The number of hydrogen-bond donors (Lipinski definition) is 1. The van der Waals surface area contributed by atoms with Crippen molar-refractivity contribution in [2.75, 3.05) is 13.7 Å². The lowest BCUT2D eigenvalue weighted by atomic mass is 9.89. The Labute approximate surface area is 171 Å². The minimum absolute atomic E-state index is 0.00429. The van der Waals surface area contributed by atoms with Crippen LogP contribution in [0, 0.1) is 11.8 Å². The average molecular weight is 389 g/mol. The molecular weight excluding hydrogens is 362 g/mol. The molecule has 1 aliphatic heterocycles. The zero-order valence-electron chi connectivity index (χ0n) is 16.9. The van der Waals surface area contributed by atoms with E-state index in [1.165, 1.54) is 36.0 Å². The van der Waals surface area contributed by atoms with E-state index >= 15 is 0 Å². The van der Waals surface area contributed by atoms with E-state index in [9.17, 15) is 4.79 Å². The zero-order valence-corrected chi connectivity index (χ0v) is 16.9. The maximum absolute atomic E-state index is 12.0. The maximum atomic E-state index is 12.0. The van der Waals surface area contributed by atoms with E-state index < -0.39 is 0 Å². The summed E-state index contributed by atoms with van der Waals surface area (Å²) in [5.74, 6) is 3.23. The third-order valence-electron chi connectivity index (χ3n) is 6.72. The molecule has 29 heavy (non-hydrogen) atoms. The molecule has 1 amide bonds. The summed E-state index contributed by atoms with van der Waals surface area (Å²) in [5.41, 5.74) is 5.93. The monoisotopic (exact) mass is 389 g/mol. The predicted octanol–water partition coefficient (Wildman–Crippen LogP) is 4.98. The normalized spacial score (nSPS) is 22.9. The van der Waals surface area contributed by atoms with E-state index in [0.717, 1.165) is 47.3 Å². The van der Waals surface area contributed by atoms with E-state index in [1.807, 2.05) is 30.3 Å². The molecule has 2 aromatic carbocycles. The molecule has 3 aliphatic rings. The van der Waals surface area contributed by atoms with Gasteiger partial charge in [-0.15, -0.1) is 0 Å². The number of carbonyl (C=O) groups is 1. The van der Waals surface area contributed by atoms with Crippen LogP contribution in [0.3, 0.4) is 0 Å². The second-order valence-electron chi connectivity index (χ2n) is 8.55. The van der Waals surface area contributed by atoms with Crippen molar-refractivity contribution in [2.24, 2.45) is 11.8 Å². The van der Waals surface area contributed by atoms with Crippen LogP contribution in [0.4, 0.5) is 0 Å². The first-order chi connectivity index (χ1) is 14.2. The molecule has 4 nitrogen and oxygen atoms in total. The summed E-state index contributed by atoms with van der Waals surface area (Å²) in [4.78, 5) is 12.0. The molecule has 0 aromatic heterocycles. The van der Waals surface area contributed by atoms with E-state index in [2.05, 4.69) is 17.4 Å². The first-order valence-electron chi connectivity index (χ1n) is 10.6. The summed E-state index contributed by atoms with van der Waals surface area (Å²) in [6.45, 7) is 1.20. The van der Waals surface area contributed by atoms with Gasteiger partial charge in [0.15, 0.2) is 0 Å². The second kappa shape index (κ2) is 7.58. The summed E-state index contributed by atoms with van der Waals surface area (Å²) < 4.78 is 11.6. The van der Waals surface area contributed by atoms with Gasteiger partial charge in [-0.1, -0.05) is 18.2 Å². The number of allylic oxidation sites excluding steroid dienone is 1. The van der Waals surface area contributed by atoms with Crippen molar-refractivity contribution < 1.29 is 14.3 Å². The zero-order chi connectivity index (χ0) is 19.8. The largest absolute Gasteiger partial charge is 0.497 e. The summed E-state index contributed by atoms with van der Waals surface area (Å²) in [7, 11) is 1.70. The van der Waals surface area contributed by atoms with Crippen LogP contribution in [0.1, 0.15) is 53.6 Å². The first kappa shape index (κ1) is 18.3. The van der Waals surface area contributed by atoms with Crippen LogP contribution in [0.5, 0.6) is 11.5 Å². The van der Waals surface area contributed by atoms with Crippen LogP contribution >= 0.6 is 0 Å². The van der Waals surface area contributed by atoms with E-state index in [4.69, 9.17) is 9.47 Å². The van der Waals surface area contributed by atoms with Gasteiger partial charge in [-0.2, -0.15) is 0 Å². The van der Waals surface area contributed by atoms with Crippen molar-refractivity contribution in [3.63, 3.8) is 0 Å². The Morgan fingerprint density at radius 2 is 1.76 bits per heavy atom. The highest BCUT2D eigenvalue weighted by Crippen LogP contribution is 2.45. The van der Waals surface area contributed by atoms with Crippen molar-refractivity contribution in [1.29, 1.82) is 0 Å². The van der Waals surface area contributed by atoms with Crippen LogP contribution in [0.25, 0.3) is 5.57 Å². The highest BCUT2D eigenvalue weighted by Gasteiger charge is 2.31. The van der Waals surface area contributed by atoms with Crippen molar-refractivity contribution in [3.05, 3.63) is 64.7 Å². The fourth-order valence-electron chi connectivity index (χ4n) is 5.17. The fraction of sp³-hybridized carbons (Fsp3) is 0.400. The Balaban J connectivity index is 1.42. The average Bonchev–Trinajstić information content (AvgIpc) is 3.29. The van der Waals surface area contributed by atoms with Crippen LogP contribution in [0.15, 0.2) is 48.0 Å². The van der Waals surface area contributed by atoms with Crippen LogP contribution in [-0.4, -0.2) is 19.6 Å². The fourth-order valence-corrected chi connectivity index (χ4v) is 5.17. The van der Waals surface area contributed by atoms with E-state index in [-0.39, 0.29) is 5.91 Å². The molecule has 1 saturated carbocycles. The van der Waals surface area contributed by atoms with E-state index in [0.29, 0.717) is 13.2 Å². The van der Waals surface area contributed by atoms with Gasteiger partial charge in [-0.25, -0.2) is 0 Å². The number of hydrogen-bond acceptors (Lipinski definition) is 3. The minimum Gasteiger partial charge on any atom is -0.497 e. The Morgan fingerprint density at radius 1 is 1.00 bits per heavy atom. The molecule has 1 heterocycles. The molecule has 150 valence electrons. The number of fused-ring (bicyclic) bond motifs is 3. The van der Waals surface area contributed by atoms with Crippen molar-refractivity contribution >= 4 is 11.5 Å². The lowest BCUT2D eigenvalue weighted by Crippen LogP contribution is -2.12. The van der Waals surface area contributed by atoms with E-state index in [1.54, 1.807) is 7.11 Å². The third-order valence-corrected chi connectivity index (χ3v) is 6.72. The molecule has 0 unspecified atom stereocenters. The number of ether oxygens (including phenoxy) is 2. The van der Waals surface area contributed by atoms with Crippen molar-refractivity contribution in [1.82, 2.24) is 5.32 Å². The van der Waals surface area contributed by atoms with Gasteiger partial charge in [0.1, 0.15) is 18.1 Å². The molecule has 2 bridgehead atoms. The van der Waals surface area contributed by atoms with Gasteiger partial charge in [0, 0.05) is 12.1 Å². The summed E-state index contributed by atoms with van der Waals surface area (Å²) in [6, 6.07) is 14.3. The first-order valence-corrected chi connectivity index (χ1v) is 10.6. The lowest BCUT2D eigenvalue weighted by molar-refractivity contribution is 0.0965. The summed E-state index contributed by atoms with van der Waals surface area (Å²) in [6.07, 6.45) is 6.26. The highest BCUT2D eigenvalue weighted by atomic mass is 16.5. The molecule has 4 heteroatoms. The molecule has 0 spiro atoms. The van der Waals surface area contributed by atoms with Crippen LogP contribution < -0.4 is 14.8 Å². The number of amides is 1. The molecule has 1 fully saturated rings. The number of methoxy groups -OCH3 is 1.